The fourth-order valence-corrected chi connectivity index (χ4v) is 2.79. The van der Waals surface area contributed by atoms with Gasteiger partial charge in [0.05, 0.1) is 11.7 Å². The summed E-state index contributed by atoms with van der Waals surface area (Å²) >= 11 is 0. The number of nitrogens with zero attached hydrogens (tertiary/aromatic N) is 2. The number of amides is 1. The molecular formula is C16H21F3N2O2. The lowest BCUT2D eigenvalue weighted by atomic mass is 10.1. The molecule has 1 amide bonds. The summed E-state index contributed by atoms with van der Waals surface area (Å²) in [5, 5.41) is 10.0. The quantitative estimate of drug-likeness (QED) is 0.869. The SMILES string of the molecule is CN(Cc1cccc(C(F)(F)F)c1)CC(O)CN1CCCC1=O. The van der Waals surface area contributed by atoms with Gasteiger partial charge in [-0.1, -0.05) is 18.2 Å². The molecule has 0 spiro atoms. The number of carbonyl (C=O) groups excluding carboxylic acids is 1. The van der Waals surface area contributed by atoms with Gasteiger partial charge in [0.25, 0.3) is 0 Å². The Bertz CT molecular complexity index is 548. The number of alkyl halides is 3. The second kappa shape index (κ2) is 7.31. The van der Waals surface area contributed by atoms with Crippen LogP contribution < -0.4 is 0 Å². The van der Waals surface area contributed by atoms with E-state index in [9.17, 15) is 23.1 Å². The van der Waals surface area contributed by atoms with Gasteiger partial charge in [-0.25, -0.2) is 0 Å². The predicted octanol–water partition coefficient (Wildman–Crippen LogP) is 2.12. The standard InChI is InChI=1S/C16H21F3N2O2/c1-20(10-14(22)11-21-7-3-6-15(21)23)9-12-4-2-5-13(8-12)16(17,18)19/h2,4-5,8,14,22H,3,6-7,9-11H2,1H3. The molecule has 0 bridgehead atoms. The molecule has 1 fully saturated rings. The number of aliphatic hydroxyl groups excluding tert-OH is 1. The Morgan fingerprint density at radius 2 is 2.13 bits per heavy atom. The number of carbonyl (C=O) groups is 1. The molecule has 0 aromatic heterocycles. The zero-order chi connectivity index (χ0) is 17.0. The second-order valence-electron chi connectivity index (χ2n) is 5.99. The lowest BCUT2D eigenvalue weighted by Gasteiger charge is -2.24. The number of β-amino-alcohol motifs (C(OH)–C–C–N with tert-alkyl or cyclic N) is 1. The Morgan fingerprint density at radius 1 is 1.39 bits per heavy atom. The van der Waals surface area contributed by atoms with E-state index in [0.717, 1.165) is 18.6 Å². The maximum Gasteiger partial charge on any atom is 0.416 e. The maximum atomic E-state index is 12.7. The molecule has 1 N–H and O–H groups in total. The Morgan fingerprint density at radius 3 is 2.74 bits per heavy atom. The number of benzene rings is 1. The molecule has 1 aromatic carbocycles. The van der Waals surface area contributed by atoms with Gasteiger partial charge in [-0.05, 0) is 25.1 Å². The molecule has 1 saturated heterocycles. The lowest BCUT2D eigenvalue weighted by Crippen LogP contribution is -2.39. The summed E-state index contributed by atoms with van der Waals surface area (Å²) in [7, 11) is 1.73. The van der Waals surface area contributed by atoms with Crippen molar-refractivity contribution in [2.75, 3.05) is 26.7 Å². The minimum atomic E-state index is -4.36. The van der Waals surface area contributed by atoms with Gasteiger partial charge in [0.2, 0.25) is 5.91 Å². The molecule has 0 saturated carbocycles. The van der Waals surface area contributed by atoms with Gasteiger partial charge in [0.15, 0.2) is 0 Å². The van der Waals surface area contributed by atoms with Crippen molar-refractivity contribution in [1.82, 2.24) is 9.80 Å². The zero-order valence-corrected chi connectivity index (χ0v) is 13.0. The summed E-state index contributed by atoms with van der Waals surface area (Å²) < 4.78 is 38.1. The highest BCUT2D eigenvalue weighted by Crippen LogP contribution is 2.29. The van der Waals surface area contributed by atoms with Crippen LogP contribution in [0.2, 0.25) is 0 Å². The topological polar surface area (TPSA) is 43.8 Å². The monoisotopic (exact) mass is 330 g/mol. The van der Waals surface area contributed by atoms with Crippen molar-refractivity contribution in [2.24, 2.45) is 0 Å². The van der Waals surface area contributed by atoms with E-state index in [1.54, 1.807) is 22.9 Å². The second-order valence-corrected chi connectivity index (χ2v) is 5.99. The third-order valence-corrected chi connectivity index (χ3v) is 3.83. The molecular weight excluding hydrogens is 309 g/mol. The van der Waals surface area contributed by atoms with E-state index in [2.05, 4.69) is 0 Å². The number of rotatable bonds is 6. The zero-order valence-electron chi connectivity index (χ0n) is 13.0. The molecule has 0 radical (unpaired) electrons. The number of likely N-dealkylation sites (tertiary alicyclic amines) is 1. The van der Waals surface area contributed by atoms with Crippen LogP contribution in [0.4, 0.5) is 13.2 Å². The summed E-state index contributed by atoms with van der Waals surface area (Å²) in [6.07, 6.45) is -3.74. The summed E-state index contributed by atoms with van der Waals surface area (Å²) in [6.45, 7) is 1.52. The molecule has 1 aromatic rings. The van der Waals surface area contributed by atoms with Crippen molar-refractivity contribution < 1.29 is 23.1 Å². The molecule has 1 unspecified atom stereocenters. The molecule has 23 heavy (non-hydrogen) atoms. The molecule has 1 atom stereocenters. The minimum absolute atomic E-state index is 0.0459. The molecule has 0 aliphatic carbocycles. The first-order valence-electron chi connectivity index (χ1n) is 7.56. The van der Waals surface area contributed by atoms with Gasteiger partial charge in [-0.15, -0.1) is 0 Å². The first-order valence-corrected chi connectivity index (χ1v) is 7.56. The number of halogens is 3. The van der Waals surface area contributed by atoms with Crippen molar-refractivity contribution in [2.45, 2.75) is 31.7 Å². The van der Waals surface area contributed by atoms with E-state index >= 15 is 0 Å². The first-order chi connectivity index (χ1) is 10.8. The molecule has 2 rings (SSSR count). The van der Waals surface area contributed by atoms with E-state index in [4.69, 9.17) is 0 Å². The summed E-state index contributed by atoms with van der Waals surface area (Å²) in [4.78, 5) is 14.9. The fourth-order valence-electron chi connectivity index (χ4n) is 2.79. The van der Waals surface area contributed by atoms with Gasteiger partial charge < -0.3 is 10.0 Å². The van der Waals surface area contributed by atoms with Crippen molar-refractivity contribution in [3.63, 3.8) is 0 Å². The smallest absolute Gasteiger partial charge is 0.390 e. The average Bonchev–Trinajstić information content (AvgIpc) is 2.83. The molecule has 1 aliphatic rings. The molecule has 1 aliphatic heterocycles. The summed E-state index contributed by atoms with van der Waals surface area (Å²) in [5.74, 6) is 0.0459. The van der Waals surface area contributed by atoms with Gasteiger partial charge in [0.1, 0.15) is 0 Å². The van der Waals surface area contributed by atoms with Crippen LogP contribution >= 0.6 is 0 Å². The Labute approximate surface area is 133 Å². The normalized spacial score (nSPS) is 17.1. The van der Waals surface area contributed by atoms with Crippen LogP contribution in [0.25, 0.3) is 0 Å². The van der Waals surface area contributed by atoms with Gasteiger partial charge >= 0.3 is 6.18 Å². The Kier molecular flexibility index (Phi) is 5.64. The number of hydrogen-bond donors (Lipinski definition) is 1. The van der Waals surface area contributed by atoms with Gasteiger partial charge in [-0.2, -0.15) is 13.2 Å². The van der Waals surface area contributed by atoms with E-state index in [0.29, 0.717) is 31.6 Å². The van der Waals surface area contributed by atoms with Gasteiger partial charge in [0, 0.05) is 32.6 Å². The van der Waals surface area contributed by atoms with Gasteiger partial charge in [-0.3, -0.25) is 9.69 Å². The molecule has 1 heterocycles. The van der Waals surface area contributed by atoms with Crippen LogP contribution in [0.3, 0.4) is 0 Å². The van der Waals surface area contributed by atoms with Crippen molar-refractivity contribution in [1.29, 1.82) is 0 Å². The van der Waals surface area contributed by atoms with E-state index in [1.807, 2.05) is 0 Å². The van der Waals surface area contributed by atoms with E-state index < -0.39 is 17.8 Å². The maximum absolute atomic E-state index is 12.7. The fraction of sp³-hybridized carbons (Fsp3) is 0.562. The van der Waals surface area contributed by atoms with Crippen molar-refractivity contribution in [3.8, 4) is 0 Å². The van der Waals surface area contributed by atoms with Crippen molar-refractivity contribution in [3.05, 3.63) is 35.4 Å². The Hall–Kier alpha value is -1.60. The van der Waals surface area contributed by atoms with Crippen LogP contribution in [0, 0.1) is 0 Å². The third-order valence-electron chi connectivity index (χ3n) is 3.83. The van der Waals surface area contributed by atoms with E-state index in [1.165, 1.54) is 6.07 Å². The average molecular weight is 330 g/mol. The molecule has 4 nitrogen and oxygen atoms in total. The largest absolute Gasteiger partial charge is 0.416 e. The minimum Gasteiger partial charge on any atom is -0.390 e. The number of hydrogen-bond acceptors (Lipinski definition) is 3. The lowest BCUT2D eigenvalue weighted by molar-refractivity contribution is -0.137. The van der Waals surface area contributed by atoms with Crippen LogP contribution in [0.5, 0.6) is 0 Å². The highest BCUT2D eigenvalue weighted by Gasteiger charge is 2.30. The predicted molar refractivity (Wildman–Crippen MR) is 79.6 cm³/mol. The molecule has 7 heteroatoms. The molecule has 128 valence electrons. The number of aliphatic hydroxyl groups is 1. The van der Waals surface area contributed by atoms with Crippen LogP contribution in [0.15, 0.2) is 24.3 Å². The van der Waals surface area contributed by atoms with Crippen LogP contribution in [-0.2, 0) is 17.5 Å². The number of likely N-dealkylation sites (N-methyl/N-ethyl adjacent to an activating group) is 1. The summed E-state index contributed by atoms with van der Waals surface area (Å²) in [5.41, 5.74) is -0.140. The third kappa shape index (κ3) is 5.21. The van der Waals surface area contributed by atoms with Crippen LogP contribution in [-0.4, -0.2) is 53.6 Å². The first kappa shape index (κ1) is 17.7. The highest BCUT2D eigenvalue weighted by molar-refractivity contribution is 5.78. The van der Waals surface area contributed by atoms with E-state index in [-0.39, 0.29) is 12.5 Å². The highest BCUT2D eigenvalue weighted by atomic mass is 19.4. The Balaban J connectivity index is 1.86. The van der Waals surface area contributed by atoms with Crippen LogP contribution in [0.1, 0.15) is 24.0 Å². The van der Waals surface area contributed by atoms with Crippen molar-refractivity contribution >= 4 is 5.91 Å². The summed E-state index contributed by atoms with van der Waals surface area (Å²) in [6, 6.07) is 5.16.